The molecular weight excluding hydrogens is 492 g/mol. The minimum Gasteiger partial charge on any atom is -0.340 e. The molecule has 0 spiro atoms. The topological polar surface area (TPSA) is 94.9 Å². The molecule has 36 heavy (non-hydrogen) atoms. The summed E-state index contributed by atoms with van der Waals surface area (Å²) in [6.45, 7) is 4.11. The molecule has 0 amide bonds. The van der Waals surface area contributed by atoms with Gasteiger partial charge >= 0.3 is 0 Å². The van der Waals surface area contributed by atoms with E-state index >= 15 is 0 Å². The van der Waals surface area contributed by atoms with Gasteiger partial charge < -0.3 is 5.32 Å². The molecule has 0 bridgehead atoms. The summed E-state index contributed by atoms with van der Waals surface area (Å²) >= 11 is 1.55. The second-order valence-electron chi connectivity index (χ2n) is 9.07. The van der Waals surface area contributed by atoms with Crippen molar-refractivity contribution in [2.75, 3.05) is 16.0 Å². The lowest BCUT2D eigenvalue weighted by atomic mass is 9.93. The first-order chi connectivity index (χ1) is 17.3. The third-order valence-corrected chi connectivity index (χ3v) is 8.71. The SMILES string of the molecule is Cc1cc(N(C2=NC3CC=CC(CS(=O)(=O)O)C3S2)c2ccccc2)nc(Nc2ccccc2)c1C. The fraction of sp³-hybridized carbons (Fsp3) is 0.259. The van der Waals surface area contributed by atoms with Gasteiger partial charge in [-0.2, -0.15) is 8.42 Å². The van der Waals surface area contributed by atoms with Crippen LogP contribution < -0.4 is 10.2 Å². The van der Waals surface area contributed by atoms with Crippen molar-refractivity contribution in [2.24, 2.45) is 10.9 Å². The van der Waals surface area contributed by atoms with Crippen molar-refractivity contribution in [1.29, 1.82) is 0 Å². The lowest BCUT2D eigenvalue weighted by molar-refractivity contribution is 0.462. The van der Waals surface area contributed by atoms with Crippen molar-refractivity contribution in [3.63, 3.8) is 0 Å². The van der Waals surface area contributed by atoms with E-state index in [2.05, 4.69) is 18.3 Å². The van der Waals surface area contributed by atoms with E-state index in [4.69, 9.17) is 9.98 Å². The molecule has 3 atom stereocenters. The van der Waals surface area contributed by atoms with Gasteiger partial charge in [0.1, 0.15) is 11.6 Å². The Hall–Kier alpha value is -3.14. The zero-order valence-corrected chi connectivity index (χ0v) is 21.7. The number of hydrogen-bond acceptors (Lipinski definition) is 7. The summed E-state index contributed by atoms with van der Waals surface area (Å²) in [6, 6.07) is 21.9. The van der Waals surface area contributed by atoms with Crippen LogP contribution in [0, 0.1) is 19.8 Å². The summed E-state index contributed by atoms with van der Waals surface area (Å²) in [7, 11) is -4.10. The minimum absolute atomic E-state index is 0.0681. The maximum atomic E-state index is 11.7. The Balaban J connectivity index is 1.54. The van der Waals surface area contributed by atoms with Crippen molar-refractivity contribution in [1.82, 2.24) is 4.98 Å². The molecule has 0 saturated heterocycles. The molecule has 1 aromatic heterocycles. The Morgan fingerprint density at radius 2 is 1.78 bits per heavy atom. The van der Waals surface area contributed by atoms with Gasteiger partial charge in [-0.15, -0.1) is 0 Å². The van der Waals surface area contributed by atoms with Gasteiger partial charge in [-0.1, -0.05) is 60.3 Å². The van der Waals surface area contributed by atoms with Crippen molar-refractivity contribution in [2.45, 2.75) is 31.6 Å². The molecular formula is C27H28N4O3S2. The predicted octanol–water partition coefficient (Wildman–Crippen LogP) is 5.88. The van der Waals surface area contributed by atoms with Gasteiger partial charge in [0.05, 0.1) is 11.8 Å². The normalized spacial score (nSPS) is 21.1. The number of thioether (sulfide) groups is 1. The van der Waals surface area contributed by atoms with Crippen LogP contribution in [0.5, 0.6) is 0 Å². The molecule has 0 saturated carbocycles. The van der Waals surface area contributed by atoms with Crippen LogP contribution in [-0.2, 0) is 10.1 Å². The third-order valence-electron chi connectivity index (χ3n) is 6.47. The van der Waals surface area contributed by atoms with Crippen LogP contribution in [-0.4, -0.2) is 40.2 Å². The Kier molecular flexibility index (Phi) is 6.87. The van der Waals surface area contributed by atoms with E-state index < -0.39 is 10.1 Å². The van der Waals surface area contributed by atoms with E-state index in [1.165, 1.54) is 0 Å². The number of hydrogen-bond donors (Lipinski definition) is 2. The van der Waals surface area contributed by atoms with Gasteiger partial charge in [-0.05, 0) is 61.7 Å². The van der Waals surface area contributed by atoms with Crippen LogP contribution in [0.25, 0.3) is 0 Å². The van der Waals surface area contributed by atoms with Gasteiger partial charge in [0.2, 0.25) is 0 Å². The second kappa shape index (κ2) is 10.1. The first-order valence-electron chi connectivity index (χ1n) is 11.8. The number of allylic oxidation sites excluding steroid dienone is 1. The zero-order valence-electron chi connectivity index (χ0n) is 20.1. The maximum absolute atomic E-state index is 11.7. The molecule has 2 N–H and O–H groups in total. The number of pyridine rings is 1. The monoisotopic (exact) mass is 520 g/mol. The Bertz CT molecular complexity index is 1410. The minimum atomic E-state index is -4.10. The first-order valence-corrected chi connectivity index (χ1v) is 14.3. The van der Waals surface area contributed by atoms with Crippen LogP contribution in [0.15, 0.2) is 83.9 Å². The van der Waals surface area contributed by atoms with Crippen molar-refractivity contribution in [3.8, 4) is 0 Å². The summed E-state index contributed by atoms with van der Waals surface area (Å²) in [5.74, 6) is 0.875. The Morgan fingerprint density at radius 3 is 2.47 bits per heavy atom. The molecule has 1 aliphatic heterocycles. The largest absolute Gasteiger partial charge is 0.340 e. The standard InChI is InChI=1S/C27H28N4O3S2/c1-18-16-24(30-26(19(18)2)28-21-11-5-3-6-12-21)31(22-13-7-4-8-14-22)27-29-23-15-9-10-20(25(23)35-27)17-36(32,33)34/h3-14,16,20,23,25H,15,17H2,1-2H3,(H,28,30)(H,32,33,34). The molecule has 2 aliphatic rings. The highest BCUT2D eigenvalue weighted by atomic mass is 32.2. The summed E-state index contributed by atoms with van der Waals surface area (Å²) in [4.78, 5) is 12.1. The number of fused-ring (bicyclic) bond motifs is 1. The number of benzene rings is 2. The summed E-state index contributed by atoms with van der Waals surface area (Å²) in [5, 5.41) is 4.13. The molecule has 3 aromatic rings. The molecule has 9 heteroatoms. The maximum Gasteiger partial charge on any atom is 0.265 e. The fourth-order valence-electron chi connectivity index (χ4n) is 4.54. The lowest BCUT2D eigenvalue weighted by Gasteiger charge is -2.28. The quantitative estimate of drug-likeness (QED) is 0.309. The fourth-order valence-corrected chi connectivity index (χ4v) is 6.90. The van der Waals surface area contributed by atoms with Crippen molar-refractivity contribution < 1.29 is 13.0 Å². The van der Waals surface area contributed by atoms with E-state index in [1.807, 2.05) is 84.6 Å². The highest BCUT2D eigenvalue weighted by molar-refractivity contribution is 8.15. The van der Waals surface area contributed by atoms with Crippen LogP contribution >= 0.6 is 11.8 Å². The first kappa shape index (κ1) is 24.5. The summed E-state index contributed by atoms with van der Waals surface area (Å²) < 4.78 is 32.8. The number of anilines is 4. The molecule has 186 valence electrons. The second-order valence-corrected chi connectivity index (χ2v) is 11.7. The summed E-state index contributed by atoms with van der Waals surface area (Å²) in [6.07, 6.45) is 4.59. The predicted molar refractivity (Wildman–Crippen MR) is 148 cm³/mol. The van der Waals surface area contributed by atoms with E-state index in [-0.39, 0.29) is 23.0 Å². The van der Waals surface area contributed by atoms with Crippen LogP contribution in [0.3, 0.4) is 0 Å². The average Bonchev–Trinajstić information content (AvgIpc) is 3.27. The molecule has 2 heterocycles. The molecule has 3 unspecified atom stereocenters. The number of amidine groups is 1. The van der Waals surface area contributed by atoms with E-state index in [0.29, 0.717) is 0 Å². The average molecular weight is 521 g/mol. The molecule has 0 fully saturated rings. The third kappa shape index (κ3) is 5.33. The number of para-hydroxylation sites is 2. The molecule has 2 aromatic carbocycles. The molecule has 0 radical (unpaired) electrons. The van der Waals surface area contributed by atoms with Gasteiger partial charge in [0.15, 0.2) is 5.17 Å². The Morgan fingerprint density at radius 1 is 1.08 bits per heavy atom. The van der Waals surface area contributed by atoms with Gasteiger partial charge in [0.25, 0.3) is 10.1 Å². The molecule has 7 nitrogen and oxygen atoms in total. The van der Waals surface area contributed by atoms with Crippen LogP contribution in [0.4, 0.5) is 23.0 Å². The number of aliphatic imine (C=N–C) groups is 1. The van der Waals surface area contributed by atoms with Crippen LogP contribution in [0.2, 0.25) is 0 Å². The van der Waals surface area contributed by atoms with E-state index in [9.17, 15) is 13.0 Å². The highest BCUT2D eigenvalue weighted by Crippen LogP contribution is 2.42. The number of rotatable bonds is 6. The Labute approximate surface area is 216 Å². The molecule has 1 aliphatic carbocycles. The van der Waals surface area contributed by atoms with E-state index in [0.717, 1.165) is 45.7 Å². The van der Waals surface area contributed by atoms with Gasteiger partial charge in [0, 0.05) is 22.5 Å². The number of aryl methyl sites for hydroxylation is 1. The molecule has 5 rings (SSSR count). The van der Waals surface area contributed by atoms with Gasteiger partial charge in [-0.25, -0.2) is 4.98 Å². The summed E-state index contributed by atoms with van der Waals surface area (Å²) in [5.41, 5.74) is 4.02. The van der Waals surface area contributed by atoms with Crippen molar-refractivity contribution >= 4 is 50.1 Å². The van der Waals surface area contributed by atoms with Gasteiger partial charge in [-0.3, -0.25) is 14.4 Å². The van der Waals surface area contributed by atoms with Crippen LogP contribution in [0.1, 0.15) is 17.5 Å². The highest BCUT2D eigenvalue weighted by Gasteiger charge is 2.40. The number of aromatic nitrogens is 1. The van der Waals surface area contributed by atoms with Crippen molar-refractivity contribution in [3.05, 3.63) is 90.0 Å². The smallest absolute Gasteiger partial charge is 0.265 e. The lowest BCUT2D eigenvalue weighted by Crippen LogP contribution is -2.33. The number of nitrogens with zero attached hydrogens (tertiary/aromatic N) is 3. The zero-order chi connectivity index (χ0) is 25.3. The number of nitrogens with one attached hydrogen (secondary N) is 1. The van der Waals surface area contributed by atoms with E-state index in [1.54, 1.807) is 11.8 Å².